The predicted octanol–water partition coefficient (Wildman–Crippen LogP) is 2.98. The summed E-state index contributed by atoms with van der Waals surface area (Å²) in [4.78, 5) is 23.4. The number of hydrogen-bond donors (Lipinski definition) is 1. The van der Waals surface area contributed by atoms with Crippen LogP contribution in [0.25, 0.3) is 0 Å². The van der Waals surface area contributed by atoms with Gasteiger partial charge in [0, 0.05) is 18.5 Å². The van der Waals surface area contributed by atoms with Gasteiger partial charge in [0.1, 0.15) is 11.5 Å². The fourth-order valence-electron chi connectivity index (χ4n) is 2.12. The lowest BCUT2D eigenvalue weighted by Gasteiger charge is -2.09. The second-order valence-corrected chi connectivity index (χ2v) is 5.22. The van der Waals surface area contributed by atoms with E-state index < -0.39 is 0 Å². The first kappa shape index (κ1) is 17.5. The van der Waals surface area contributed by atoms with Crippen LogP contribution >= 0.6 is 0 Å². The number of methoxy groups -OCH3 is 1. The second kappa shape index (κ2) is 8.72. The molecule has 0 aromatic heterocycles. The Morgan fingerprint density at radius 3 is 2.46 bits per heavy atom. The number of nitrogens with one attached hydrogen (secondary N) is 1. The van der Waals surface area contributed by atoms with Crippen molar-refractivity contribution in [3.8, 4) is 11.5 Å². The largest absolute Gasteiger partial charge is 0.497 e. The minimum Gasteiger partial charge on any atom is -0.497 e. The lowest BCUT2D eigenvalue weighted by Crippen LogP contribution is -2.28. The molecule has 24 heavy (non-hydrogen) atoms. The number of hydrogen-bond acceptors (Lipinski definition) is 4. The van der Waals surface area contributed by atoms with Gasteiger partial charge in [0.05, 0.1) is 7.11 Å². The van der Waals surface area contributed by atoms with Gasteiger partial charge in [0.2, 0.25) is 0 Å². The van der Waals surface area contributed by atoms with Crippen molar-refractivity contribution in [2.75, 3.05) is 13.7 Å². The van der Waals surface area contributed by atoms with E-state index in [4.69, 9.17) is 9.47 Å². The Bertz CT molecular complexity index is 695. The standard InChI is InChI=1S/C19H21NO4/c1-3-18(21)15-7-9-16(10-8-15)24-13-19(22)20-12-14-5-4-6-17(11-14)23-2/h4-11H,3,12-13H2,1-2H3,(H,20,22). The number of carbonyl (C=O) groups excluding carboxylic acids is 2. The van der Waals surface area contributed by atoms with Gasteiger partial charge in [0.25, 0.3) is 5.91 Å². The van der Waals surface area contributed by atoms with Gasteiger partial charge < -0.3 is 14.8 Å². The van der Waals surface area contributed by atoms with Gasteiger partial charge >= 0.3 is 0 Å². The molecule has 0 radical (unpaired) electrons. The van der Waals surface area contributed by atoms with Crippen molar-refractivity contribution in [2.45, 2.75) is 19.9 Å². The van der Waals surface area contributed by atoms with E-state index in [1.54, 1.807) is 31.4 Å². The molecular weight excluding hydrogens is 306 g/mol. The maximum absolute atomic E-state index is 11.8. The van der Waals surface area contributed by atoms with E-state index in [0.717, 1.165) is 11.3 Å². The summed E-state index contributed by atoms with van der Waals surface area (Å²) in [5.74, 6) is 1.17. The molecule has 0 atom stereocenters. The summed E-state index contributed by atoms with van der Waals surface area (Å²) in [6, 6.07) is 14.3. The molecular formula is C19H21NO4. The molecule has 5 heteroatoms. The number of carbonyl (C=O) groups is 2. The summed E-state index contributed by atoms with van der Waals surface area (Å²) in [7, 11) is 1.60. The topological polar surface area (TPSA) is 64.6 Å². The van der Waals surface area contributed by atoms with E-state index in [1.165, 1.54) is 0 Å². The molecule has 0 spiro atoms. The fraction of sp³-hybridized carbons (Fsp3) is 0.263. The number of rotatable bonds is 8. The molecule has 0 aliphatic heterocycles. The van der Waals surface area contributed by atoms with Crippen molar-refractivity contribution in [1.82, 2.24) is 5.32 Å². The van der Waals surface area contributed by atoms with Crippen molar-refractivity contribution in [2.24, 2.45) is 0 Å². The summed E-state index contributed by atoms with van der Waals surface area (Å²) < 4.78 is 10.6. The van der Waals surface area contributed by atoms with Crippen LogP contribution in [0.5, 0.6) is 11.5 Å². The Balaban J connectivity index is 1.79. The van der Waals surface area contributed by atoms with Crippen LogP contribution < -0.4 is 14.8 Å². The van der Waals surface area contributed by atoms with Crippen molar-refractivity contribution in [1.29, 1.82) is 0 Å². The van der Waals surface area contributed by atoms with E-state index in [9.17, 15) is 9.59 Å². The van der Waals surface area contributed by atoms with Crippen LogP contribution in [0.3, 0.4) is 0 Å². The molecule has 1 amide bonds. The van der Waals surface area contributed by atoms with E-state index in [0.29, 0.717) is 24.3 Å². The highest BCUT2D eigenvalue weighted by Crippen LogP contribution is 2.14. The molecule has 2 aromatic rings. The van der Waals surface area contributed by atoms with Gasteiger partial charge in [-0.05, 0) is 42.0 Å². The zero-order chi connectivity index (χ0) is 17.4. The molecule has 2 aromatic carbocycles. The first-order chi connectivity index (χ1) is 11.6. The van der Waals surface area contributed by atoms with Crippen LogP contribution in [-0.4, -0.2) is 25.4 Å². The maximum Gasteiger partial charge on any atom is 0.258 e. The molecule has 0 saturated heterocycles. The Hall–Kier alpha value is -2.82. The van der Waals surface area contributed by atoms with Gasteiger partial charge in [-0.15, -0.1) is 0 Å². The predicted molar refractivity (Wildman–Crippen MR) is 91.4 cm³/mol. The van der Waals surface area contributed by atoms with Crippen molar-refractivity contribution in [3.05, 3.63) is 59.7 Å². The van der Waals surface area contributed by atoms with Crippen molar-refractivity contribution < 1.29 is 19.1 Å². The number of amides is 1. The molecule has 0 saturated carbocycles. The summed E-state index contributed by atoms with van der Waals surface area (Å²) in [5, 5.41) is 2.79. The molecule has 126 valence electrons. The third-order valence-corrected chi connectivity index (χ3v) is 3.49. The summed E-state index contributed by atoms with van der Waals surface area (Å²) in [6.07, 6.45) is 0.465. The minimum absolute atomic E-state index is 0.0783. The minimum atomic E-state index is -0.216. The van der Waals surface area contributed by atoms with E-state index in [2.05, 4.69) is 5.32 Å². The van der Waals surface area contributed by atoms with Gasteiger partial charge in [-0.1, -0.05) is 19.1 Å². The van der Waals surface area contributed by atoms with E-state index in [1.807, 2.05) is 31.2 Å². The SMILES string of the molecule is CCC(=O)c1ccc(OCC(=O)NCc2cccc(OC)c2)cc1. The number of Topliss-reactive ketones (excluding diaryl/α,β-unsaturated/α-hetero) is 1. The van der Waals surface area contributed by atoms with Crippen LogP contribution in [0.4, 0.5) is 0 Å². The van der Waals surface area contributed by atoms with E-state index >= 15 is 0 Å². The highest BCUT2D eigenvalue weighted by molar-refractivity contribution is 5.95. The third-order valence-electron chi connectivity index (χ3n) is 3.49. The maximum atomic E-state index is 11.8. The highest BCUT2D eigenvalue weighted by Gasteiger charge is 2.06. The molecule has 2 rings (SSSR count). The summed E-state index contributed by atoms with van der Waals surface area (Å²) in [5.41, 5.74) is 1.59. The molecule has 1 N–H and O–H groups in total. The monoisotopic (exact) mass is 327 g/mol. The normalized spacial score (nSPS) is 10.1. The average molecular weight is 327 g/mol. The molecule has 0 fully saturated rings. The Labute approximate surface area is 141 Å². The number of ketones is 1. The van der Waals surface area contributed by atoms with Gasteiger partial charge in [-0.25, -0.2) is 0 Å². The smallest absolute Gasteiger partial charge is 0.258 e. The van der Waals surface area contributed by atoms with Gasteiger partial charge in [0.15, 0.2) is 12.4 Å². The van der Waals surface area contributed by atoms with Crippen LogP contribution in [0.2, 0.25) is 0 Å². The Morgan fingerprint density at radius 1 is 1.04 bits per heavy atom. The Kier molecular flexibility index (Phi) is 6.37. The molecule has 0 aliphatic rings. The average Bonchev–Trinajstić information content (AvgIpc) is 2.64. The molecule has 5 nitrogen and oxygen atoms in total. The summed E-state index contributed by atoms with van der Waals surface area (Å²) >= 11 is 0. The second-order valence-electron chi connectivity index (χ2n) is 5.22. The van der Waals surface area contributed by atoms with Gasteiger partial charge in [-0.2, -0.15) is 0 Å². The fourth-order valence-corrected chi connectivity index (χ4v) is 2.12. The first-order valence-electron chi connectivity index (χ1n) is 7.78. The first-order valence-corrected chi connectivity index (χ1v) is 7.78. The van der Waals surface area contributed by atoms with Crippen LogP contribution in [0.1, 0.15) is 29.3 Å². The van der Waals surface area contributed by atoms with Crippen LogP contribution in [0.15, 0.2) is 48.5 Å². The van der Waals surface area contributed by atoms with Crippen LogP contribution in [-0.2, 0) is 11.3 Å². The molecule has 0 bridgehead atoms. The number of ether oxygens (including phenoxy) is 2. The third kappa shape index (κ3) is 5.12. The Morgan fingerprint density at radius 2 is 1.79 bits per heavy atom. The highest BCUT2D eigenvalue weighted by atomic mass is 16.5. The van der Waals surface area contributed by atoms with Gasteiger partial charge in [-0.3, -0.25) is 9.59 Å². The molecule has 0 aliphatic carbocycles. The molecule has 0 unspecified atom stereocenters. The molecule has 0 heterocycles. The van der Waals surface area contributed by atoms with E-state index in [-0.39, 0.29) is 18.3 Å². The summed E-state index contributed by atoms with van der Waals surface area (Å²) in [6.45, 7) is 2.15. The lowest BCUT2D eigenvalue weighted by atomic mass is 10.1. The van der Waals surface area contributed by atoms with Crippen LogP contribution in [0, 0.1) is 0 Å². The van der Waals surface area contributed by atoms with Crippen molar-refractivity contribution >= 4 is 11.7 Å². The van der Waals surface area contributed by atoms with Crippen molar-refractivity contribution in [3.63, 3.8) is 0 Å². The lowest BCUT2D eigenvalue weighted by molar-refractivity contribution is -0.123. The zero-order valence-electron chi connectivity index (χ0n) is 13.9. The quantitative estimate of drug-likeness (QED) is 0.757. The number of benzene rings is 2. The zero-order valence-corrected chi connectivity index (χ0v) is 13.9.